The van der Waals surface area contributed by atoms with Crippen LogP contribution in [0.25, 0.3) is 21.9 Å². The molecule has 2 heteroatoms. The van der Waals surface area contributed by atoms with E-state index in [1.807, 2.05) is 42.5 Å². The van der Waals surface area contributed by atoms with Gasteiger partial charge in [0.2, 0.25) is 0 Å². The quantitative estimate of drug-likeness (QED) is 0.606. The Morgan fingerprint density at radius 2 is 1.71 bits per heavy atom. The third-order valence-corrected chi connectivity index (χ3v) is 2.83. The zero-order valence-corrected chi connectivity index (χ0v) is 9.10. The van der Waals surface area contributed by atoms with Gasteiger partial charge in [0.25, 0.3) is 0 Å². The molecule has 0 aliphatic rings. The largest absolute Gasteiger partial charge is 0.264 e. The number of halogens is 1. The van der Waals surface area contributed by atoms with Gasteiger partial charge in [0.15, 0.2) is 0 Å². The first-order chi connectivity index (χ1) is 8.34. The second-order valence-corrected chi connectivity index (χ2v) is 3.92. The summed E-state index contributed by atoms with van der Waals surface area (Å²) in [5, 5.41) is 2.26. The Morgan fingerprint density at radius 3 is 2.53 bits per heavy atom. The standard InChI is InChI=1S/C15H10FN/c16-15-7-8-17-10-14(15)13-6-5-11-3-1-2-4-12(11)9-13/h1-10H. The number of benzene rings is 2. The highest BCUT2D eigenvalue weighted by atomic mass is 19.1. The summed E-state index contributed by atoms with van der Waals surface area (Å²) in [6.45, 7) is 0. The molecule has 82 valence electrons. The van der Waals surface area contributed by atoms with Crippen molar-refractivity contribution in [2.75, 3.05) is 0 Å². The van der Waals surface area contributed by atoms with Crippen LogP contribution in [0.15, 0.2) is 60.9 Å². The van der Waals surface area contributed by atoms with Gasteiger partial charge in [-0.05, 0) is 28.5 Å². The van der Waals surface area contributed by atoms with E-state index in [4.69, 9.17) is 0 Å². The SMILES string of the molecule is Fc1ccncc1-c1ccc2ccccc2c1. The van der Waals surface area contributed by atoms with E-state index in [2.05, 4.69) is 4.98 Å². The first-order valence-corrected chi connectivity index (χ1v) is 5.43. The lowest BCUT2D eigenvalue weighted by atomic mass is 10.0. The van der Waals surface area contributed by atoms with E-state index in [-0.39, 0.29) is 5.82 Å². The second kappa shape index (κ2) is 3.98. The fraction of sp³-hybridized carbons (Fsp3) is 0. The van der Waals surface area contributed by atoms with Gasteiger partial charge in [0.1, 0.15) is 5.82 Å². The van der Waals surface area contributed by atoms with Crippen LogP contribution >= 0.6 is 0 Å². The highest BCUT2D eigenvalue weighted by Crippen LogP contribution is 2.25. The van der Waals surface area contributed by atoms with Crippen molar-refractivity contribution < 1.29 is 4.39 Å². The number of rotatable bonds is 1. The smallest absolute Gasteiger partial charge is 0.134 e. The third-order valence-electron chi connectivity index (χ3n) is 2.83. The van der Waals surface area contributed by atoms with Crippen LogP contribution in [-0.2, 0) is 0 Å². The highest BCUT2D eigenvalue weighted by molar-refractivity contribution is 5.87. The number of fused-ring (bicyclic) bond motifs is 1. The number of nitrogens with zero attached hydrogens (tertiary/aromatic N) is 1. The summed E-state index contributed by atoms with van der Waals surface area (Å²) in [5.41, 5.74) is 1.40. The minimum Gasteiger partial charge on any atom is -0.264 e. The summed E-state index contributed by atoms with van der Waals surface area (Å²) < 4.78 is 13.6. The molecule has 0 atom stereocenters. The van der Waals surface area contributed by atoms with E-state index in [0.29, 0.717) is 5.56 Å². The van der Waals surface area contributed by atoms with E-state index in [1.54, 1.807) is 6.20 Å². The molecule has 0 spiro atoms. The van der Waals surface area contributed by atoms with Crippen LogP contribution in [0.1, 0.15) is 0 Å². The van der Waals surface area contributed by atoms with E-state index >= 15 is 0 Å². The Bertz CT molecular complexity index is 676. The summed E-state index contributed by atoms with van der Waals surface area (Å²) in [5.74, 6) is -0.240. The van der Waals surface area contributed by atoms with Gasteiger partial charge in [-0.25, -0.2) is 4.39 Å². The van der Waals surface area contributed by atoms with Gasteiger partial charge in [-0.15, -0.1) is 0 Å². The number of pyridine rings is 1. The van der Waals surface area contributed by atoms with Crippen LogP contribution in [0.3, 0.4) is 0 Å². The van der Waals surface area contributed by atoms with Gasteiger partial charge in [0.05, 0.1) is 0 Å². The van der Waals surface area contributed by atoms with Crippen molar-refractivity contribution >= 4 is 10.8 Å². The maximum absolute atomic E-state index is 13.6. The summed E-state index contributed by atoms with van der Waals surface area (Å²) in [4.78, 5) is 3.96. The van der Waals surface area contributed by atoms with Gasteiger partial charge in [0, 0.05) is 18.0 Å². The van der Waals surface area contributed by atoms with E-state index in [1.165, 1.54) is 12.3 Å². The average Bonchev–Trinajstić information content (AvgIpc) is 2.39. The van der Waals surface area contributed by atoms with Crippen LogP contribution < -0.4 is 0 Å². The normalized spacial score (nSPS) is 10.6. The highest BCUT2D eigenvalue weighted by Gasteiger charge is 2.04. The molecule has 1 nitrogen and oxygen atoms in total. The van der Waals surface area contributed by atoms with Crippen molar-refractivity contribution in [3.05, 3.63) is 66.7 Å². The zero-order chi connectivity index (χ0) is 11.7. The van der Waals surface area contributed by atoms with Crippen LogP contribution in [0.4, 0.5) is 4.39 Å². The van der Waals surface area contributed by atoms with Gasteiger partial charge in [-0.2, -0.15) is 0 Å². The summed E-state index contributed by atoms with van der Waals surface area (Å²) in [7, 11) is 0. The van der Waals surface area contributed by atoms with E-state index in [0.717, 1.165) is 16.3 Å². The van der Waals surface area contributed by atoms with Gasteiger partial charge in [-0.3, -0.25) is 4.98 Å². The minimum atomic E-state index is -0.240. The number of hydrogen-bond acceptors (Lipinski definition) is 1. The molecule has 0 amide bonds. The maximum Gasteiger partial charge on any atom is 0.134 e. The lowest BCUT2D eigenvalue weighted by Gasteiger charge is -2.04. The lowest BCUT2D eigenvalue weighted by molar-refractivity contribution is 0.629. The Hall–Kier alpha value is -2.22. The van der Waals surface area contributed by atoms with Crippen LogP contribution in [0, 0.1) is 5.82 Å². The van der Waals surface area contributed by atoms with E-state index < -0.39 is 0 Å². The molecule has 3 aromatic rings. The van der Waals surface area contributed by atoms with Gasteiger partial charge >= 0.3 is 0 Å². The second-order valence-electron chi connectivity index (χ2n) is 3.92. The first kappa shape index (κ1) is 9.97. The molecule has 0 fully saturated rings. The van der Waals surface area contributed by atoms with Crippen LogP contribution in [-0.4, -0.2) is 4.98 Å². The molecule has 0 radical (unpaired) electrons. The number of hydrogen-bond donors (Lipinski definition) is 0. The fourth-order valence-electron chi connectivity index (χ4n) is 1.95. The van der Waals surface area contributed by atoms with Crippen molar-refractivity contribution in [3.8, 4) is 11.1 Å². The Labute approximate surface area is 98.6 Å². The molecule has 2 aromatic carbocycles. The molecular weight excluding hydrogens is 213 g/mol. The number of aromatic nitrogens is 1. The predicted octanol–water partition coefficient (Wildman–Crippen LogP) is 4.04. The molecule has 1 heterocycles. The van der Waals surface area contributed by atoms with Crippen LogP contribution in [0.5, 0.6) is 0 Å². The zero-order valence-electron chi connectivity index (χ0n) is 9.10. The summed E-state index contributed by atoms with van der Waals surface area (Å²) in [6, 6.07) is 15.3. The van der Waals surface area contributed by atoms with Gasteiger partial charge < -0.3 is 0 Å². The molecule has 1 aromatic heterocycles. The first-order valence-electron chi connectivity index (χ1n) is 5.43. The molecule has 0 bridgehead atoms. The molecule has 0 aliphatic carbocycles. The van der Waals surface area contributed by atoms with Gasteiger partial charge in [-0.1, -0.05) is 36.4 Å². The van der Waals surface area contributed by atoms with Crippen LogP contribution in [0.2, 0.25) is 0 Å². The monoisotopic (exact) mass is 223 g/mol. The van der Waals surface area contributed by atoms with Crippen molar-refractivity contribution in [2.24, 2.45) is 0 Å². The molecule has 0 N–H and O–H groups in total. The lowest BCUT2D eigenvalue weighted by Crippen LogP contribution is -1.85. The Balaban J connectivity index is 2.22. The van der Waals surface area contributed by atoms with Crippen molar-refractivity contribution in [1.82, 2.24) is 4.98 Å². The molecule has 0 unspecified atom stereocenters. The topological polar surface area (TPSA) is 12.9 Å². The van der Waals surface area contributed by atoms with E-state index in [9.17, 15) is 4.39 Å². The predicted molar refractivity (Wildman–Crippen MR) is 67.1 cm³/mol. The molecular formula is C15H10FN. The molecule has 3 rings (SSSR count). The maximum atomic E-state index is 13.6. The molecule has 0 saturated heterocycles. The fourth-order valence-corrected chi connectivity index (χ4v) is 1.95. The summed E-state index contributed by atoms with van der Waals surface area (Å²) in [6.07, 6.45) is 3.01. The average molecular weight is 223 g/mol. The molecule has 0 aliphatic heterocycles. The van der Waals surface area contributed by atoms with Crippen molar-refractivity contribution in [1.29, 1.82) is 0 Å². The Morgan fingerprint density at radius 1 is 0.882 bits per heavy atom. The third kappa shape index (κ3) is 1.78. The Kier molecular flexibility index (Phi) is 2.33. The summed E-state index contributed by atoms with van der Waals surface area (Å²) >= 11 is 0. The van der Waals surface area contributed by atoms with Crippen molar-refractivity contribution in [2.45, 2.75) is 0 Å². The molecule has 0 saturated carbocycles. The minimum absolute atomic E-state index is 0.240. The molecule has 17 heavy (non-hydrogen) atoms. The van der Waals surface area contributed by atoms with Crippen molar-refractivity contribution in [3.63, 3.8) is 0 Å².